The molecule has 3 aromatic rings. The van der Waals surface area contributed by atoms with E-state index in [1.165, 1.54) is 11.3 Å². The van der Waals surface area contributed by atoms with E-state index in [1.807, 2.05) is 18.4 Å². The van der Waals surface area contributed by atoms with Gasteiger partial charge in [-0.1, -0.05) is 19.9 Å². The van der Waals surface area contributed by atoms with Gasteiger partial charge < -0.3 is 9.88 Å². The molecule has 0 aromatic carbocycles. The maximum absolute atomic E-state index is 12.5. The van der Waals surface area contributed by atoms with Gasteiger partial charge in [-0.2, -0.15) is 0 Å². The first kappa shape index (κ1) is 19.0. The molecule has 1 N–H and O–H groups in total. The van der Waals surface area contributed by atoms with E-state index in [9.17, 15) is 4.79 Å². The fourth-order valence-electron chi connectivity index (χ4n) is 2.87. The van der Waals surface area contributed by atoms with Crippen LogP contribution in [-0.2, 0) is 6.54 Å². The Morgan fingerprint density at radius 3 is 2.85 bits per heavy atom. The first-order valence-corrected chi connectivity index (χ1v) is 9.70. The van der Waals surface area contributed by atoms with Crippen molar-refractivity contribution in [3.8, 4) is 22.1 Å². The number of aromatic nitrogens is 4. The Bertz CT molecular complexity index is 943. The molecule has 0 saturated carbocycles. The molecule has 0 atom stereocenters. The summed E-state index contributed by atoms with van der Waals surface area (Å²) in [4.78, 5) is 25.7. The van der Waals surface area contributed by atoms with E-state index in [-0.39, 0.29) is 5.91 Å². The van der Waals surface area contributed by atoms with Crippen molar-refractivity contribution in [1.29, 1.82) is 0 Å². The zero-order valence-corrected chi connectivity index (χ0v) is 16.6. The zero-order chi connectivity index (χ0) is 19.4. The molecule has 0 fully saturated rings. The van der Waals surface area contributed by atoms with Crippen LogP contribution in [0.4, 0.5) is 0 Å². The van der Waals surface area contributed by atoms with Crippen LogP contribution >= 0.6 is 11.3 Å². The number of nitrogens with one attached hydrogen (secondary N) is 1. The fraction of sp³-hybridized carbons (Fsp3) is 0.300. The molecule has 140 valence electrons. The standard InChI is InChI=1S/C20H23N5OS/c1-5-6-23-19(26)15-9-18(25(14(15)4)11-13(2)3)17-12-27-20(24-17)16-10-21-7-8-22-16/h5,7-10,12-13H,1,6,11H2,2-4H3,(H,23,26). The number of thiazole rings is 1. The highest BCUT2D eigenvalue weighted by Gasteiger charge is 2.20. The highest BCUT2D eigenvalue weighted by atomic mass is 32.1. The van der Waals surface area contributed by atoms with Gasteiger partial charge in [0.25, 0.3) is 5.91 Å². The van der Waals surface area contributed by atoms with E-state index in [0.717, 1.165) is 34.3 Å². The summed E-state index contributed by atoms with van der Waals surface area (Å²) in [7, 11) is 0. The number of amides is 1. The van der Waals surface area contributed by atoms with E-state index in [0.29, 0.717) is 18.0 Å². The van der Waals surface area contributed by atoms with Gasteiger partial charge in [-0.25, -0.2) is 4.98 Å². The van der Waals surface area contributed by atoms with Crippen molar-refractivity contribution in [2.75, 3.05) is 6.54 Å². The number of carbonyl (C=O) groups is 1. The Balaban J connectivity index is 2.02. The van der Waals surface area contributed by atoms with Crippen LogP contribution in [0.3, 0.4) is 0 Å². The third kappa shape index (κ3) is 4.14. The van der Waals surface area contributed by atoms with E-state index in [1.54, 1.807) is 24.7 Å². The minimum absolute atomic E-state index is 0.0967. The van der Waals surface area contributed by atoms with Crippen LogP contribution in [0.25, 0.3) is 22.1 Å². The molecular formula is C20H23N5OS. The lowest BCUT2D eigenvalue weighted by atomic mass is 10.2. The summed E-state index contributed by atoms with van der Waals surface area (Å²) in [5.41, 5.74) is 4.13. The number of rotatable bonds is 7. The summed E-state index contributed by atoms with van der Waals surface area (Å²) >= 11 is 1.52. The maximum Gasteiger partial charge on any atom is 0.253 e. The number of nitrogens with zero attached hydrogens (tertiary/aromatic N) is 4. The molecule has 1 amide bonds. The molecule has 0 aliphatic rings. The molecule has 3 aromatic heterocycles. The van der Waals surface area contributed by atoms with E-state index in [4.69, 9.17) is 4.98 Å². The van der Waals surface area contributed by atoms with Gasteiger partial charge in [-0.15, -0.1) is 17.9 Å². The molecule has 3 rings (SSSR count). The Morgan fingerprint density at radius 1 is 1.37 bits per heavy atom. The van der Waals surface area contributed by atoms with Crippen molar-refractivity contribution in [2.24, 2.45) is 5.92 Å². The third-order valence-electron chi connectivity index (χ3n) is 4.11. The van der Waals surface area contributed by atoms with Crippen molar-refractivity contribution >= 4 is 17.2 Å². The lowest BCUT2D eigenvalue weighted by molar-refractivity contribution is 0.0957. The normalized spacial score (nSPS) is 11.0. The van der Waals surface area contributed by atoms with Crippen LogP contribution in [-0.4, -0.2) is 32.0 Å². The average molecular weight is 382 g/mol. The van der Waals surface area contributed by atoms with Gasteiger partial charge in [0.15, 0.2) is 0 Å². The van der Waals surface area contributed by atoms with Gasteiger partial charge in [-0.3, -0.25) is 14.8 Å². The molecule has 0 bridgehead atoms. The predicted molar refractivity (Wildman–Crippen MR) is 109 cm³/mol. The highest BCUT2D eigenvalue weighted by Crippen LogP contribution is 2.31. The lowest BCUT2D eigenvalue weighted by Gasteiger charge is -2.13. The van der Waals surface area contributed by atoms with Crippen LogP contribution in [0.1, 0.15) is 29.9 Å². The smallest absolute Gasteiger partial charge is 0.253 e. The van der Waals surface area contributed by atoms with Gasteiger partial charge in [0.1, 0.15) is 10.7 Å². The fourth-order valence-corrected chi connectivity index (χ4v) is 3.64. The molecule has 27 heavy (non-hydrogen) atoms. The van der Waals surface area contributed by atoms with Crippen LogP contribution in [0.2, 0.25) is 0 Å². The third-order valence-corrected chi connectivity index (χ3v) is 4.98. The van der Waals surface area contributed by atoms with Crippen LogP contribution in [0, 0.1) is 12.8 Å². The number of carbonyl (C=O) groups excluding carboxylic acids is 1. The second kappa shape index (κ2) is 8.26. The van der Waals surface area contributed by atoms with Crippen LogP contribution in [0.15, 0.2) is 42.7 Å². The second-order valence-corrected chi connectivity index (χ2v) is 7.52. The molecule has 0 saturated heterocycles. The lowest BCUT2D eigenvalue weighted by Crippen LogP contribution is -2.23. The Kier molecular flexibility index (Phi) is 5.81. The Hall–Kier alpha value is -2.80. The first-order chi connectivity index (χ1) is 13.0. The molecule has 0 radical (unpaired) electrons. The number of hydrogen-bond donors (Lipinski definition) is 1. The van der Waals surface area contributed by atoms with Crippen molar-refractivity contribution < 1.29 is 4.79 Å². The highest BCUT2D eigenvalue weighted by molar-refractivity contribution is 7.13. The van der Waals surface area contributed by atoms with Gasteiger partial charge >= 0.3 is 0 Å². The van der Waals surface area contributed by atoms with Gasteiger partial charge in [-0.05, 0) is 18.9 Å². The summed E-state index contributed by atoms with van der Waals surface area (Å²) in [5.74, 6) is 0.345. The minimum Gasteiger partial charge on any atom is -0.349 e. The van der Waals surface area contributed by atoms with E-state index in [2.05, 4.69) is 40.3 Å². The zero-order valence-electron chi connectivity index (χ0n) is 15.8. The van der Waals surface area contributed by atoms with Crippen LogP contribution in [0.5, 0.6) is 0 Å². The molecule has 6 nitrogen and oxygen atoms in total. The Morgan fingerprint density at radius 2 is 2.19 bits per heavy atom. The summed E-state index contributed by atoms with van der Waals surface area (Å²) in [6.45, 7) is 11.2. The number of hydrogen-bond acceptors (Lipinski definition) is 5. The van der Waals surface area contributed by atoms with E-state index < -0.39 is 0 Å². The first-order valence-electron chi connectivity index (χ1n) is 8.82. The molecule has 3 heterocycles. The van der Waals surface area contributed by atoms with Crippen LogP contribution < -0.4 is 5.32 Å². The topological polar surface area (TPSA) is 72.7 Å². The molecule has 0 aliphatic carbocycles. The molecule has 0 unspecified atom stereocenters. The maximum atomic E-state index is 12.5. The summed E-state index contributed by atoms with van der Waals surface area (Å²) in [5, 5.41) is 5.67. The summed E-state index contributed by atoms with van der Waals surface area (Å²) in [6, 6.07) is 1.92. The second-order valence-electron chi connectivity index (χ2n) is 6.66. The molecule has 0 aliphatic heterocycles. The SMILES string of the molecule is C=CCNC(=O)c1cc(-c2csc(-c3cnccn3)n2)n(CC(C)C)c1C. The average Bonchev–Trinajstić information content (AvgIpc) is 3.26. The van der Waals surface area contributed by atoms with Gasteiger partial charge in [0, 0.05) is 36.6 Å². The van der Waals surface area contributed by atoms with Crippen molar-refractivity contribution in [3.63, 3.8) is 0 Å². The molecular weight excluding hydrogens is 358 g/mol. The van der Waals surface area contributed by atoms with E-state index >= 15 is 0 Å². The van der Waals surface area contributed by atoms with Gasteiger partial charge in [0.05, 0.1) is 23.1 Å². The predicted octanol–water partition coefficient (Wildman–Crippen LogP) is 3.95. The summed E-state index contributed by atoms with van der Waals surface area (Å²) < 4.78 is 2.17. The summed E-state index contributed by atoms with van der Waals surface area (Å²) in [6.07, 6.45) is 6.68. The monoisotopic (exact) mass is 381 g/mol. The van der Waals surface area contributed by atoms with Crippen molar-refractivity contribution in [3.05, 3.63) is 53.9 Å². The minimum atomic E-state index is -0.0967. The quantitative estimate of drug-likeness (QED) is 0.629. The van der Waals surface area contributed by atoms with Crippen molar-refractivity contribution in [1.82, 2.24) is 24.8 Å². The largest absolute Gasteiger partial charge is 0.349 e. The molecule has 0 spiro atoms. The van der Waals surface area contributed by atoms with Crippen molar-refractivity contribution in [2.45, 2.75) is 27.3 Å². The molecule has 7 heteroatoms. The van der Waals surface area contributed by atoms with Gasteiger partial charge in [0.2, 0.25) is 0 Å². The Labute approximate surface area is 163 Å².